The van der Waals surface area contributed by atoms with Crippen LogP contribution >= 0.6 is 7.82 Å². The van der Waals surface area contributed by atoms with Crippen LogP contribution in [0.15, 0.2) is 0 Å². The summed E-state index contributed by atoms with van der Waals surface area (Å²) in [5.41, 5.74) is 0. The Kier molecular flexibility index (Phi) is 15.5. The minimum Gasteiger partial charge on any atom is -0.462 e. The second-order valence-corrected chi connectivity index (χ2v) is 7.80. The molecule has 0 saturated heterocycles. The Balaban J connectivity index is 4.28. The van der Waals surface area contributed by atoms with Crippen LogP contribution in [0.4, 0.5) is 0 Å². The molecule has 0 aliphatic heterocycles. The number of rotatable bonds is 17. The minimum absolute atomic E-state index is 0.209. The molecule has 0 radical (unpaired) electrons. The van der Waals surface area contributed by atoms with Gasteiger partial charge < -0.3 is 19.3 Å². The number of ether oxygens (including phenoxy) is 2. The highest BCUT2D eigenvalue weighted by molar-refractivity contribution is 7.46. The molecule has 0 aromatic carbocycles. The van der Waals surface area contributed by atoms with Gasteiger partial charge in [-0.05, 0) is 12.8 Å². The van der Waals surface area contributed by atoms with Crippen LogP contribution in [0, 0.1) is 0 Å². The lowest BCUT2D eigenvalue weighted by atomic mass is 10.1. The molecular formula is C18H35O8P. The molecule has 0 saturated carbocycles. The highest BCUT2D eigenvalue weighted by atomic mass is 31.2. The third-order valence-corrected chi connectivity index (χ3v) is 4.36. The van der Waals surface area contributed by atoms with Gasteiger partial charge in [-0.3, -0.25) is 14.1 Å². The zero-order valence-corrected chi connectivity index (χ0v) is 17.5. The van der Waals surface area contributed by atoms with Crippen LogP contribution in [0.3, 0.4) is 0 Å². The number of hydrogen-bond donors (Lipinski definition) is 2. The second kappa shape index (κ2) is 16.0. The number of carbonyl (C=O) groups is 2. The molecule has 9 heteroatoms. The van der Waals surface area contributed by atoms with Crippen LogP contribution in [0.5, 0.6) is 0 Å². The molecule has 2 N–H and O–H groups in total. The van der Waals surface area contributed by atoms with Gasteiger partial charge in [-0.15, -0.1) is 0 Å². The SMILES string of the molecule is CCCCCCCC(=O)O[C@H](COC(=O)CCCCCC)COP(=O)(O)O. The standard InChI is InChI=1S/C18H35O8P/c1-3-5-7-9-11-13-18(20)26-16(15-25-27(21,22)23)14-24-17(19)12-10-8-6-4-2/h16H,3-15H2,1-2H3,(H2,21,22,23)/t16-/m1/s1. The third kappa shape index (κ3) is 18.2. The van der Waals surface area contributed by atoms with Gasteiger partial charge in [-0.25, -0.2) is 4.57 Å². The highest BCUT2D eigenvalue weighted by Gasteiger charge is 2.22. The molecule has 0 aliphatic rings. The summed E-state index contributed by atoms with van der Waals surface area (Å²) in [5, 5.41) is 0. The number of esters is 2. The number of carbonyl (C=O) groups excluding carboxylic acids is 2. The molecule has 0 aromatic rings. The van der Waals surface area contributed by atoms with Crippen molar-refractivity contribution in [3.8, 4) is 0 Å². The average molecular weight is 410 g/mol. The van der Waals surface area contributed by atoms with E-state index in [-0.39, 0.29) is 19.4 Å². The van der Waals surface area contributed by atoms with Crippen LogP contribution in [-0.2, 0) is 28.2 Å². The smallest absolute Gasteiger partial charge is 0.462 e. The predicted octanol–water partition coefficient (Wildman–Crippen LogP) is 3.88. The number of hydrogen-bond acceptors (Lipinski definition) is 6. The molecule has 0 fully saturated rings. The maximum Gasteiger partial charge on any atom is 0.469 e. The van der Waals surface area contributed by atoms with Gasteiger partial charge >= 0.3 is 19.8 Å². The lowest BCUT2D eigenvalue weighted by Gasteiger charge is -2.18. The fraction of sp³-hybridized carbons (Fsp3) is 0.889. The monoisotopic (exact) mass is 410 g/mol. The van der Waals surface area contributed by atoms with Gasteiger partial charge in [0.1, 0.15) is 6.61 Å². The zero-order chi connectivity index (χ0) is 20.5. The third-order valence-electron chi connectivity index (χ3n) is 3.88. The van der Waals surface area contributed by atoms with Crippen LogP contribution in [0.2, 0.25) is 0 Å². The first kappa shape index (κ1) is 26.1. The van der Waals surface area contributed by atoms with Crippen molar-refractivity contribution in [1.82, 2.24) is 0 Å². The first-order chi connectivity index (χ1) is 12.8. The summed E-state index contributed by atoms with van der Waals surface area (Å²) in [7, 11) is -4.70. The van der Waals surface area contributed by atoms with E-state index in [1.807, 2.05) is 0 Å². The van der Waals surface area contributed by atoms with Crippen molar-refractivity contribution in [2.24, 2.45) is 0 Å². The number of phosphoric ester groups is 1. The second-order valence-electron chi connectivity index (χ2n) is 6.56. The molecule has 1 atom stereocenters. The van der Waals surface area contributed by atoms with E-state index in [9.17, 15) is 14.2 Å². The highest BCUT2D eigenvalue weighted by Crippen LogP contribution is 2.35. The quantitative estimate of drug-likeness (QED) is 0.211. The maximum absolute atomic E-state index is 11.9. The van der Waals surface area contributed by atoms with Gasteiger partial charge in [-0.2, -0.15) is 0 Å². The van der Waals surface area contributed by atoms with Gasteiger partial charge in [-0.1, -0.05) is 58.8 Å². The van der Waals surface area contributed by atoms with E-state index >= 15 is 0 Å². The molecule has 0 aromatic heterocycles. The van der Waals surface area contributed by atoms with Crippen molar-refractivity contribution >= 4 is 19.8 Å². The first-order valence-corrected chi connectivity index (χ1v) is 11.4. The van der Waals surface area contributed by atoms with Gasteiger partial charge in [0.25, 0.3) is 0 Å². The fourth-order valence-electron chi connectivity index (χ4n) is 2.37. The van der Waals surface area contributed by atoms with Crippen LogP contribution < -0.4 is 0 Å². The van der Waals surface area contributed by atoms with E-state index in [1.165, 1.54) is 0 Å². The molecule has 0 rings (SSSR count). The van der Waals surface area contributed by atoms with Crippen LogP contribution in [-0.4, -0.2) is 41.0 Å². The van der Waals surface area contributed by atoms with E-state index in [0.29, 0.717) is 12.8 Å². The van der Waals surface area contributed by atoms with E-state index < -0.39 is 32.5 Å². The summed E-state index contributed by atoms with van der Waals surface area (Å²) in [6.45, 7) is 3.36. The van der Waals surface area contributed by atoms with Crippen molar-refractivity contribution in [2.45, 2.75) is 90.6 Å². The first-order valence-electron chi connectivity index (χ1n) is 9.83. The van der Waals surface area contributed by atoms with Crippen molar-refractivity contribution in [3.05, 3.63) is 0 Å². The predicted molar refractivity (Wildman–Crippen MR) is 101 cm³/mol. The lowest BCUT2D eigenvalue weighted by Crippen LogP contribution is -2.29. The Hall–Kier alpha value is -0.950. The van der Waals surface area contributed by atoms with E-state index in [0.717, 1.165) is 44.9 Å². The molecule has 0 unspecified atom stereocenters. The molecule has 0 amide bonds. The van der Waals surface area contributed by atoms with Crippen LogP contribution in [0.1, 0.15) is 84.5 Å². The molecule has 27 heavy (non-hydrogen) atoms. The topological polar surface area (TPSA) is 119 Å². The number of unbranched alkanes of at least 4 members (excludes halogenated alkanes) is 7. The normalized spacial score (nSPS) is 12.6. The summed E-state index contributed by atoms with van der Waals surface area (Å²) in [4.78, 5) is 41.2. The van der Waals surface area contributed by atoms with Crippen molar-refractivity contribution in [2.75, 3.05) is 13.2 Å². The van der Waals surface area contributed by atoms with E-state index in [1.54, 1.807) is 0 Å². The van der Waals surface area contributed by atoms with Gasteiger partial charge in [0.05, 0.1) is 6.61 Å². The molecular weight excluding hydrogens is 375 g/mol. The molecule has 8 nitrogen and oxygen atoms in total. The largest absolute Gasteiger partial charge is 0.469 e. The van der Waals surface area contributed by atoms with Crippen molar-refractivity contribution in [1.29, 1.82) is 0 Å². The summed E-state index contributed by atoms with van der Waals surface area (Å²) in [6, 6.07) is 0. The molecule has 0 bridgehead atoms. The van der Waals surface area contributed by atoms with Gasteiger partial charge in [0, 0.05) is 12.8 Å². The lowest BCUT2D eigenvalue weighted by molar-refractivity contribution is -0.161. The molecule has 0 aliphatic carbocycles. The summed E-state index contributed by atoms with van der Waals surface area (Å²) in [6.07, 6.45) is 8.05. The maximum atomic E-state index is 11.9. The van der Waals surface area contributed by atoms with Gasteiger partial charge in [0.15, 0.2) is 6.10 Å². The Morgan fingerprint density at radius 3 is 1.89 bits per heavy atom. The Morgan fingerprint density at radius 2 is 1.33 bits per heavy atom. The Morgan fingerprint density at radius 1 is 0.815 bits per heavy atom. The van der Waals surface area contributed by atoms with E-state index in [4.69, 9.17) is 19.3 Å². The molecule has 0 heterocycles. The number of phosphoric acid groups is 1. The minimum atomic E-state index is -4.70. The summed E-state index contributed by atoms with van der Waals surface area (Å²) < 4.78 is 25.5. The van der Waals surface area contributed by atoms with E-state index in [2.05, 4.69) is 18.4 Å². The van der Waals surface area contributed by atoms with Crippen molar-refractivity contribution < 1.29 is 37.9 Å². The summed E-state index contributed by atoms with van der Waals surface area (Å²) in [5.74, 6) is -0.923. The molecule has 160 valence electrons. The van der Waals surface area contributed by atoms with Crippen LogP contribution in [0.25, 0.3) is 0 Å². The fourth-order valence-corrected chi connectivity index (χ4v) is 2.73. The zero-order valence-electron chi connectivity index (χ0n) is 16.6. The Labute approximate surface area is 162 Å². The van der Waals surface area contributed by atoms with Gasteiger partial charge in [0.2, 0.25) is 0 Å². The average Bonchev–Trinajstić information content (AvgIpc) is 2.60. The Bertz CT molecular complexity index is 449. The van der Waals surface area contributed by atoms with Crippen molar-refractivity contribution in [3.63, 3.8) is 0 Å². The molecule has 0 spiro atoms. The summed E-state index contributed by atoms with van der Waals surface area (Å²) >= 11 is 0.